The number of hydrogen-bond donors (Lipinski definition) is 0. The van der Waals surface area contributed by atoms with Crippen molar-refractivity contribution in [2.45, 2.75) is 46.8 Å². The van der Waals surface area contributed by atoms with E-state index in [1.807, 2.05) is 39.0 Å². The molecular weight excluding hydrogens is 238 g/mol. The molecule has 19 heavy (non-hydrogen) atoms. The molecule has 0 saturated carbocycles. The highest BCUT2D eigenvalue weighted by Crippen LogP contribution is 2.31. The SMILES string of the molecule is Cc1c(C=O)c2cc(OC(C)C)ccc2n1C(C)C. The number of aldehydes is 1. The quantitative estimate of drug-likeness (QED) is 0.773. The minimum atomic E-state index is 0.130. The lowest BCUT2D eigenvalue weighted by atomic mass is 10.1. The molecule has 102 valence electrons. The van der Waals surface area contributed by atoms with Gasteiger partial charge in [0, 0.05) is 28.2 Å². The van der Waals surface area contributed by atoms with Crippen LogP contribution in [-0.2, 0) is 0 Å². The van der Waals surface area contributed by atoms with Gasteiger partial charge in [-0.2, -0.15) is 0 Å². The Bertz CT molecular complexity index is 609. The second-order valence-electron chi connectivity index (χ2n) is 5.43. The van der Waals surface area contributed by atoms with Gasteiger partial charge in [0.2, 0.25) is 0 Å². The van der Waals surface area contributed by atoms with Crippen molar-refractivity contribution in [1.29, 1.82) is 0 Å². The number of benzene rings is 1. The third-order valence-corrected chi connectivity index (χ3v) is 3.27. The summed E-state index contributed by atoms with van der Waals surface area (Å²) in [4.78, 5) is 11.4. The topological polar surface area (TPSA) is 31.2 Å². The molecule has 2 rings (SSSR count). The molecule has 1 aromatic heterocycles. The van der Waals surface area contributed by atoms with Gasteiger partial charge in [0.1, 0.15) is 5.75 Å². The van der Waals surface area contributed by atoms with Crippen LogP contribution in [0.1, 0.15) is 49.8 Å². The average Bonchev–Trinajstić information content (AvgIpc) is 2.59. The van der Waals surface area contributed by atoms with Crippen molar-refractivity contribution in [2.75, 3.05) is 0 Å². The molecule has 0 unspecified atom stereocenters. The van der Waals surface area contributed by atoms with Crippen LogP contribution in [-0.4, -0.2) is 17.0 Å². The maximum Gasteiger partial charge on any atom is 0.152 e. The minimum absolute atomic E-state index is 0.130. The first-order valence-electron chi connectivity index (χ1n) is 6.72. The van der Waals surface area contributed by atoms with Gasteiger partial charge in [0.15, 0.2) is 6.29 Å². The predicted octanol–water partition coefficient (Wildman–Crippen LogP) is 4.13. The molecule has 1 aromatic carbocycles. The molecule has 0 saturated heterocycles. The molecule has 0 amide bonds. The molecule has 3 heteroatoms. The van der Waals surface area contributed by atoms with Crippen molar-refractivity contribution in [3.8, 4) is 5.75 Å². The number of fused-ring (bicyclic) bond motifs is 1. The fourth-order valence-electron chi connectivity index (χ4n) is 2.61. The zero-order valence-corrected chi connectivity index (χ0v) is 12.2. The highest BCUT2D eigenvalue weighted by atomic mass is 16.5. The van der Waals surface area contributed by atoms with Crippen LogP contribution in [0.3, 0.4) is 0 Å². The molecule has 0 radical (unpaired) electrons. The Balaban J connectivity index is 2.68. The van der Waals surface area contributed by atoms with Crippen molar-refractivity contribution >= 4 is 17.2 Å². The number of carbonyl (C=O) groups excluding carboxylic acids is 1. The molecule has 0 aliphatic carbocycles. The van der Waals surface area contributed by atoms with Crippen LogP contribution in [0.25, 0.3) is 10.9 Å². The summed E-state index contributed by atoms with van der Waals surface area (Å²) in [5.41, 5.74) is 2.87. The summed E-state index contributed by atoms with van der Waals surface area (Å²) in [6.45, 7) is 10.2. The zero-order chi connectivity index (χ0) is 14.2. The summed E-state index contributed by atoms with van der Waals surface area (Å²) < 4.78 is 7.90. The first kappa shape index (κ1) is 13.7. The van der Waals surface area contributed by atoms with Gasteiger partial charge in [-0.25, -0.2) is 0 Å². The predicted molar refractivity (Wildman–Crippen MR) is 78.2 cm³/mol. The van der Waals surface area contributed by atoms with Crippen molar-refractivity contribution < 1.29 is 9.53 Å². The van der Waals surface area contributed by atoms with Gasteiger partial charge in [-0.05, 0) is 52.8 Å². The molecule has 0 aliphatic rings. The van der Waals surface area contributed by atoms with E-state index in [2.05, 4.69) is 18.4 Å². The Kier molecular flexibility index (Phi) is 3.65. The Hall–Kier alpha value is -1.77. The lowest BCUT2D eigenvalue weighted by molar-refractivity contribution is 0.112. The lowest BCUT2D eigenvalue weighted by Crippen LogP contribution is -2.05. The van der Waals surface area contributed by atoms with Gasteiger partial charge in [-0.3, -0.25) is 4.79 Å². The Labute approximate surface area is 114 Å². The third kappa shape index (κ3) is 2.37. The monoisotopic (exact) mass is 259 g/mol. The van der Waals surface area contributed by atoms with E-state index >= 15 is 0 Å². The van der Waals surface area contributed by atoms with Crippen molar-refractivity contribution in [2.24, 2.45) is 0 Å². The summed E-state index contributed by atoms with van der Waals surface area (Å²) in [6.07, 6.45) is 1.07. The van der Waals surface area contributed by atoms with Crippen LogP contribution in [0, 0.1) is 6.92 Å². The van der Waals surface area contributed by atoms with E-state index in [0.717, 1.165) is 34.2 Å². The normalized spacial score (nSPS) is 11.5. The standard InChI is InChI=1S/C16H21NO2/c1-10(2)17-12(5)15(9-18)14-8-13(19-11(3)4)6-7-16(14)17/h6-11H,1-5H3. The molecular formula is C16H21NO2. The van der Waals surface area contributed by atoms with E-state index in [-0.39, 0.29) is 6.10 Å². The van der Waals surface area contributed by atoms with Gasteiger partial charge in [0.25, 0.3) is 0 Å². The zero-order valence-electron chi connectivity index (χ0n) is 12.2. The van der Waals surface area contributed by atoms with Crippen LogP contribution in [0.15, 0.2) is 18.2 Å². The fourth-order valence-corrected chi connectivity index (χ4v) is 2.61. The van der Waals surface area contributed by atoms with Crippen molar-refractivity contribution in [3.05, 3.63) is 29.5 Å². The fraction of sp³-hybridized carbons (Fsp3) is 0.438. The van der Waals surface area contributed by atoms with E-state index in [1.165, 1.54) is 0 Å². The maximum absolute atomic E-state index is 11.4. The maximum atomic E-state index is 11.4. The van der Waals surface area contributed by atoms with E-state index in [0.29, 0.717) is 6.04 Å². The smallest absolute Gasteiger partial charge is 0.152 e. The first-order valence-corrected chi connectivity index (χ1v) is 6.72. The van der Waals surface area contributed by atoms with Crippen LogP contribution in [0.2, 0.25) is 0 Å². The third-order valence-electron chi connectivity index (χ3n) is 3.27. The van der Waals surface area contributed by atoms with E-state index in [1.54, 1.807) is 0 Å². The van der Waals surface area contributed by atoms with E-state index in [4.69, 9.17) is 4.74 Å². The van der Waals surface area contributed by atoms with Crippen LogP contribution in [0.5, 0.6) is 5.75 Å². The number of nitrogens with zero attached hydrogens (tertiary/aromatic N) is 1. The van der Waals surface area contributed by atoms with Crippen LogP contribution >= 0.6 is 0 Å². The minimum Gasteiger partial charge on any atom is -0.491 e. The summed E-state index contributed by atoms with van der Waals surface area (Å²) in [5.74, 6) is 0.812. The van der Waals surface area contributed by atoms with Gasteiger partial charge < -0.3 is 9.30 Å². The largest absolute Gasteiger partial charge is 0.491 e. The molecule has 0 N–H and O–H groups in total. The number of hydrogen-bond acceptors (Lipinski definition) is 2. The Morgan fingerprint density at radius 2 is 1.89 bits per heavy atom. The van der Waals surface area contributed by atoms with E-state index < -0.39 is 0 Å². The lowest BCUT2D eigenvalue weighted by Gasteiger charge is -2.13. The Morgan fingerprint density at radius 3 is 2.42 bits per heavy atom. The second kappa shape index (κ2) is 5.08. The van der Waals surface area contributed by atoms with Gasteiger partial charge in [-0.15, -0.1) is 0 Å². The summed E-state index contributed by atoms with van der Waals surface area (Å²) in [6, 6.07) is 6.29. The Morgan fingerprint density at radius 1 is 1.21 bits per heavy atom. The van der Waals surface area contributed by atoms with E-state index in [9.17, 15) is 4.79 Å². The van der Waals surface area contributed by atoms with Gasteiger partial charge in [0.05, 0.1) is 6.10 Å². The van der Waals surface area contributed by atoms with Crippen molar-refractivity contribution in [3.63, 3.8) is 0 Å². The molecule has 0 spiro atoms. The summed E-state index contributed by atoms with van der Waals surface area (Å²) in [5, 5.41) is 0.972. The van der Waals surface area contributed by atoms with Crippen LogP contribution in [0.4, 0.5) is 0 Å². The molecule has 3 nitrogen and oxygen atoms in total. The number of carbonyl (C=O) groups is 1. The van der Waals surface area contributed by atoms with Gasteiger partial charge in [-0.1, -0.05) is 0 Å². The van der Waals surface area contributed by atoms with Crippen molar-refractivity contribution in [1.82, 2.24) is 4.57 Å². The van der Waals surface area contributed by atoms with Gasteiger partial charge >= 0.3 is 0 Å². The number of ether oxygens (including phenoxy) is 1. The molecule has 0 aliphatic heterocycles. The summed E-state index contributed by atoms with van der Waals surface area (Å²) >= 11 is 0. The number of aromatic nitrogens is 1. The number of rotatable bonds is 4. The highest BCUT2D eigenvalue weighted by Gasteiger charge is 2.16. The second-order valence-corrected chi connectivity index (χ2v) is 5.43. The first-order chi connectivity index (χ1) is 8.95. The molecule has 0 bridgehead atoms. The molecule has 1 heterocycles. The molecule has 0 atom stereocenters. The highest BCUT2D eigenvalue weighted by molar-refractivity contribution is 6.00. The van der Waals surface area contributed by atoms with Crippen LogP contribution < -0.4 is 4.74 Å². The average molecular weight is 259 g/mol. The summed E-state index contributed by atoms with van der Waals surface area (Å²) in [7, 11) is 0. The molecule has 0 fully saturated rings. The molecule has 2 aromatic rings.